The van der Waals surface area contributed by atoms with Gasteiger partial charge in [-0.05, 0) is 18.6 Å². The van der Waals surface area contributed by atoms with Gasteiger partial charge in [-0.25, -0.2) is 4.98 Å². The lowest BCUT2D eigenvalue weighted by molar-refractivity contribution is -0.150. The molecule has 8 heteroatoms. The Kier molecular flexibility index (Phi) is 4.58. The van der Waals surface area contributed by atoms with Crippen molar-refractivity contribution in [3.63, 3.8) is 0 Å². The first kappa shape index (κ1) is 16.1. The number of esters is 1. The summed E-state index contributed by atoms with van der Waals surface area (Å²) < 4.78 is 33.7. The maximum Gasteiger partial charge on any atom is 0.388 e. The van der Waals surface area contributed by atoms with Crippen molar-refractivity contribution in [2.45, 2.75) is 19.5 Å². The first-order valence-corrected chi connectivity index (χ1v) is 6.59. The van der Waals surface area contributed by atoms with Crippen LogP contribution in [0.15, 0.2) is 12.1 Å². The molecule has 0 radical (unpaired) electrons. The Morgan fingerprint density at radius 2 is 2.14 bits per heavy atom. The molecule has 0 saturated carbocycles. The number of likely N-dealkylation sites (N-methyl/N-ethyl adjacent to an activating group) is 1. The maximum atomic E-state index is 12.3. The number of carbonyl (C=O) groups is 2. The highest BCUT2D eigenvalue weighted by Crippen LogP contribution is 2.35. The number of ether oxygens (including phenoxy) is 2. The van der Waals surface area contributed by atoms with Crippen molar-refractivity contribution >= 4 is 11.9 Å². The van der Waals surface area contributed by atoms with Crippen LogP contribution in [-0.2, 0) is 14.3 Å². The lowest BCUT2D eigenvalue weighted by Crippen LogP contribution is -2.29. The van der Waals surface area contributed by atoms with E-state index in [0.29, 0.717) is 11.3 Å². The molecule has 1 aliphatic rings. The van der Waals surface area contributed by atoms with Crippen LogP contribution < -0.4 is 4.74 Å². The molecule has 0 N–H and O–H groups in total. The number of hydrogen-bond donors (Lipinski definition) is 0. The lowest BCUT2D eigenvalue weighted by Gasteiger charge is -2.16. The van der Waals surface area contributed by atoms with Gasteiger partial charge in [0.25, 0.3) is 0 Å². The molecule has 2 heterocycles. The molecule has 1 amide bonds. The van der Waals surface area contributed by atoms with Crippen LogP contribution >= 0.6 is 0 Å². The van der Waals surface area contributed by atoms with Gasteiger partial charge in [-0.1, -0.05) is 0 Å². The Morgan fingerprint density at radius 1 is 1.45 bits per heavy atom. The molecule has 1 saturated heterocycles. The minimum absolute atomic E-state index is 0.240. The molecule has 22 heavy (non-hydrogen) atoms. The number of aryl methyl sites for hydroxylation is 1. The predicted octanol–water partition coefficient (Wildman–Crippen LogP) is 1.34. The van der Waals surface area contributed by atoms with Crippen molar-refractivity contribution in [2.75, 3.05) is 20.7 Å². The molecule has 0 aliphatic carbocycles. The molecule has 2 rings (SSSR count). The summed E-state index contributed by atoms with van der Waals surface area (Å²) in [6.45, 7) is -1.09. The van der Waals surface area contributed by atoms with Crippen LogP contribution in [0.5, 0.6) is 5.88 Å². The average molecular weight is 314 g/mol. The molecule has 1 fully saturated rings. The van der Waals surface area contributed by atoms with E-state index >= 15 is 0 Å². The van der Waals surface area contributed by atoms with Crippen LogP contribution in [0.3, 0.4) is 0 Å². The molecule has 0 unspecified atom stereocenters. The van der Waals surface area contributed by atoms with Gasteiger partial charge in [0.1, 0.15) is 5.92 Å². The third kappa shape index (κ3) is 3.15. The Hall–Kier alpha value is -2.25. The van der Waals surface area contributed by atoms with Gasteiger partial charge in [0, 0.05) is 31.3 Å². The van der Waals surface area contributed by atoms with Crippen molar-refractivity contribution in [2.24, 2.45) is 5.92 Å². The van der Waals surface area contributed by atoms with Gasteiger partial charge in [0.15, 0.2) is 0 Å². The fourth-order valence-electron chi connectivity index (χ4n) is 2.62. The van der Waals surface area contributed by atoms with Gasteiger partial charge in [-0.2, -0.15) is 8.78 Å². The van der Waals surface area contributed by atoms with Crippen molar-refractivity contribution < 1.29 is 27.8 Å². The second kappa shape index (κ2) is 6.25. The molecule has 1 aliphatic heterocycles. The van der Waals surface area contributed by atoms with Gasteiger partial charge in [0.05, 0.1) is 7.11 Å². The van der Waals surface area contributed by atoms with Gasteiger partial charge >= 0.3 is 12.6 Å². The van der Waals surface area contributed by atoms with E-state index in [1.165, 1.54) is 18.1 Å². The Morgan fingerprint density at radius 3 is 2.73 bits per heavy atom. The van der Waals surface area contributed by atoms with Crippen LogP contribution in [0, 0.1) is 12.8 Å². The van der Waals surface area contributed by atoms with E-state index in [1.54, 1.807) is 20.0 Å². The summed E-state index contributed by atoms with van der Waals surface area (Å²) in [5, 5.41) is 0. The monoisotopic (exact) mass is 314 g/mol. The fourth-order valence-corrected chi connectivity index (χ4v) is 2.62. The number of amides is 1. The van der Waals surface area contributed by atoms with Crippen molar-refractivity contribution in [1.29, 1.82) is 0 Å². The summed E-state index contributed by atoms with van der Waals surface area (Å²) in [6, 6.07) is 2.97. The number of pyridine rings is 1. The second-order valence-electron chi connectivity index (χ2n) is 5.08. The number of hydrogen-bond acceptors (Lipinski definition) is 5. The molecule has 0 bridgehead atoms. The second-order valence-corrected chi connectivity index (χ2v) is 5.08. The predicted molar refractivity (Wildman–Crippen MR) is 71.5 cm³/mol. The van der Waals surface area contributed by atoms with Gasteiger partial charge in [0.2, 0.25) is 11.8 Å². The van der Waals surface area contributed by atoms with E-state index < -0.39 is 24.4 Å². The molecular weight excluding hydrogens is 298 g/mol. The standard InChI is InChI=1S/C14H16F2N2O4/c1-7-4-8(5-10(17-7)22-14(15)16)9-6-18(2)12(19)11(9)13(20)21-3/h4-5,9,11,14H,6H2,1-3H3/t9-,11-/m1/s1. The van der Waals surface area contributed by atoms with E-state index in [2.05, 4.69) is 14.5 Å². The zero-order chi connectivity index (χ0) is 16.4. The minimum Gasteiger partial charge on any atom is -0.468 e. The van der Waals surface area contributed by atoms with E-state index in [-0.39, 0.29) is 18.3 Å². The van der Waals surface area contributed by atoms with E-state index in [4.69, 9.17) is 0 Å². The highest BCUT2D eigenvalue weighted by Gasteiger charge is 2.45. The third-order valence-corrected chi connectivity index (χ3v) is 3.56. The van der Waals surface area contributed by atoms with Crippen LogP contribution in [0.4, 0.5) is 8.78 Å². The molecule has 120 valence electrons. The first-order chi connectivity index (χ1) is 10.3. The number of nitrogens with zero attached hydrogens (tertiary/aromatic N) is 2. The highest BCUT2D eigenvalue weighted by molar-refractivity contribution is 6.00. The number of methoxy groups -OCH3 is 1. The van der Waals surface area contributed by atoms with E-state index in [0.717, 1.165) is 0 Å². The number of aromatic nitrogens is 1. The summed E-state index contributed by atoms with van der Waals surface area (Å²) in [4.78, 5) is 29.2. The molecule has 2 atom stereocenters. The van der Waals surface area contributed by atoms with E-state index in [9.17, 15) is 18.4 Å². The van der Waals surface area contributed by atoms with Crippen molar-refractivity contribution in [3.05, 3.63) is 23.4 Å². The zero-order valence-corrected chi connectivity index (χ0v) is 12.4. The Labute approximate surface area is 126 Å². The van der Waals surface area contributed by atoms with Crippen molar-refractivity contribution in [1.82, 2.24) is 9.88 Å². The minimum atomic E-state index is -2.99. The topological polar surface area (TPSA) is 68.7 Å². The molecule has 1 aromatic heterocycles. The maximum absolute atomic E-state index is 12.3. The summed E-state index contributed by atoms with van der Waals surface area (Å²) in [5.41, 5.74) is 0.995. The molecule has 0 spiro atoms. The summed E-state index contributed by atoms with van der Waals surface area (Å²) >= 11 is 0. The SMILES string of the molecule is COC(=O)[C@H]1C(=O)N(C)C[C@@H]1c1cc(C)nc(OC(F)F)c1. The van der Waals surface area contributed by atoms with Crippen LogP contribution in [0.1, 0.15) is 17.2 Å². The smallest absolute Gasteiger partial charge is 0.388 e. The number of rotatable bonds is 4. The molecule has 6 nitrogen and oxygen atoms in total. The fraction of sp³-hybridized carbons (Fsp3) is 0.500. The number of carbonyl (C=O) groups excluding carboxylic acids is 2. The molecule has 0 aromatic carbocycles. The number of halogens is 2. The van der Waals surface area contributed by atoms with Gasteiger partial charge in [-0.15, -0.1) is 0 Å². The zero-order valence-electron chi connectivity index (χ0n) is 12.4. The Bertz CT molecular complexity index is 594. The third-order valence-electron chi connectivity index (χ3n) is 3.56. The lowest BCUT2D eigenvalue weighted by atomic mass is 9.88. The first-order valence-electron chi connectivity index (χ1n) is 6.59. The van der Waals surface area contributed by atoms with Crippen LogP contribution in [0.2, 0.25) is 0 Å². The normalized spacial score (nSPS) is 21.4. The van der Waals surface area contributed by atoms with Crippen LogP contribution in [-0.4, -0.2) is 49.1 Å². The number of alkyl halides is 2. The number of likely N-dealkylation sites (tertiary alicyclic amines) is 1. The average Bonchev–Trinajstić information content (AvgIpc) is 2.73. The van der Waals surface area contributed by atoms with Gasteiger partial charge < -0.3 is 14.4 Å². The largest absolute Gasteiger partial charge is 0.468 e. The van der Waals surface area contributed by atoms with Crippen LogP contribution in [0.25, 0.3) is 0 Å². The highest BCUT2D eigenvalue weighted by atomic mass is 19.3. The summed E-state index contributed by atoms with van der Waals surface area (Å²) in [5.74, 6) is -2.73. The van der Waals surface area contributed by atoms with Gasteiger partial charge in [-0.3, -0.25) is 9.59 Å². The Balaban J connectivity index is 2.38. The summed E-state index contributed by atoms with van der Waals surface area (Å²) in [7, 11) is 2.77. The van der Waals surface area contributed by atoms with Crippen molar-refractivity contribution in [3.8, 4) is 5.88 Å². The molecule has 1 aromatic rings. The summed E-state index contributed by atoms with van der Waals surface area (Å²) in [6.07, 6.45) is 0. The quantitative estimate of drug-likeness (QED) is 0.619. The van der Waals surface area contributed by atoms with E-state index in [1.807, 2.05) is 0 Å². The molecular formula is C14H16F2N2O4.